The largest absolute Gasteiger partial charge is 0.378 e. The zero-order chi connectivity index (χ0) is 6.74. The van der Waals surface area contributed by atoms with E-state index in [9.17, 15) is 0 Å². The van der Waals surface area contributed by atoms with E-state index in [1.54, 1.807) is 7.11 Å². The summed E-state index contributed by atoms with van der Waals surface area (Å²) in [6, 6.07) is 0. The lowest BCUT2D eigenvalue weighted by atomic mass is 9.91. The fraction of sp³-hybridized carbons (Fsp3) is 0.750. The van der Waals surface area contributed by atoms with Crippen LogP contribution >= 0.6 is 0 Å². The molecule has 1 aliphatic rings. The van der Waals surface area contributed by atoms with Gasteiger partial charge in [-0.3, -0.25) is 0 Å². The Bertz CT molecular complexity index is 118. The monoisotopic (exact) mass is 126 g/mol. The third-order valence-electron chi connectivity index (χ3n) is 2.05. The van der Waals surface area contributed by atoms with Crippen LogP contribution in [0.25, 0.3) is 0 Å². The second kappa shape index (κ2) is 2.53. The van der Waals surface area contributed by atoms with Crippen LogP contribution < -0.4 is 0 Å². The van der Waals surface area contributed by atoms with Gasteiger partial charge >= 0.3 is 0 Å². The minimum Gasteiger partial charge on any atom is -0.378 e. The fourth-order valence-electron chi connectivity index (χ4n) is 1.13. The van der Waals surface area contributed by atoms with Crippen molar-refractivity contribution in [1.29, 1.82) is 0 Å². The van der Waals surface area contributed by atoms with Crippen LogP contribution in [0.4, 0.5) is 0 Å². The minimum atomic E-state index is 0.134. The van der Waals surface area contributed by atoms with E-state index in [-0.39, 0.29) is 5.60 Å². The molecular weight excluding hydrogens is 112 g/mol. The maximum atomic E-state index is 5.33. The summed E-state index contributed by atoms with van der Waals surface area (Å²) in [5.41, 5.74) is 0.134. The molecule has 52 valence electrons. The standard InChI is InChI=1S/C8H14O/c1-8(9-2)6-4-3-5-7-8/h3-4H,5-7H2,1-2H3/t8-/m1/s1. The molecule has 1 atom stereocenters. The molecule has 0 aromatic heterocycles. The van der Waals surface area contributed by atoms with E-state index in [1.165, 1.54) is 12.8 Å². The normalized spacial score (nSPS) is 34.9. The van der Waals surface area contributed by atoms with Crippen LogP contribution in [0.3, 0.4) is 0 Å². The Hall–Kier alpha value is -0.300. The topological polar surface area (TPSA) is 9.23 Å². The van der Waals surface area contributed by atoms with Gasteiger partial charge in [0.25, 0.3) is 0 Å². The third kappa shape index (κ3) is 1.55. The van der Waals surface area contributed by atoms with E-state index < -0.39 is 0 Å². The molecule has 0 aromatic carbocycles. The average Bonchev–Trinajstić information content (AvgIpc) is 1.90. The SMILES string of the molecule is CO[C@]1(C)CC=CCC1. The van der Waals surface area contributed by atoms with Gasteiger partial charge < -0.3 is 4.74 Å². The van der Waals surface area contributed by atoms with Crippen molar-refractivity contribution in [3.8, 4) is 0 Å². The quantitative estimate of drug-likeness (QED) is 0.489. The molecule has 0 bridgehead atoms. The van der Waals surface area contributed by atoms with Crippen molar-refractivity contribution in [2.75, 3.05) is 7.11 Å². The first-order valence-corrected chi connectivity index (χ1v) is 3.47. The summed E-state index contributed by atoms with van der Waals surface area (Å²) in [5.74, 6) is 0. The molecule has 0 N–H and O–H groups in total. The Balaban J connectivity index is 2.50. The van der Waals surface area contributed by atoms with Gasteiger partial charge in [0.2, 0.25) is 0 Å². The van der Waals surface area contributed by atoms with E-state index in [4.69, 9.17) is 4.74 Å². The maximum absolute atomic E-state index is 5.33. The van der Waals surface area contributed by atoms with E-state index in [0.29, 0.717) is 0 Å². The highest BCUT2D eigenvalue weighted by atomic mass is 16.5. The van der Waals surface area contributed by atoms with Gasteiger partial charge in [-0.25, -0.2) is 0 Å². The summed E-state index contributed by atoms with van der Waals surface area (Å²) in [6.45, 7) is 2.16. The highest BCUT2D eigenvalue weighted by Crippen LogP contribution is 2.25. The highest BCUT2D eigenvalue weighted by molar-refractivity contribution is 4.96. The molecular formula is C8H14O. The van der Waals surface area contributed by atoms with Gasteiger partial charge in [0.1, 0.15) is 0 Å². The van der Waals surface area contributed by atoms with Crippen LogP contribution in [-0.4, -0.2) is 12.7 Å². The molecule has 0 heterocycles. The van der Waals surface area contributed by atoms with Crippen molar-refractivity contribution in [1.82, 2.24) is 0 Å². The van der Waals surface area contributed by atoms with Gasteiger partial charge in [-0.05, 0) is 26.2 Å². The first-order valence-electron chi connectivity index (χ1n) is 3.47. The number of hydrogen-bond acceptors (Lipinski definition) is 1. The smallest absolute Gasteiger partial charge is 0.0688 e. The highest BCUT2D eigenvalue weighted by Gasteiger charge is 2.22. The molecule has 0 amide bonds. The van der Waals surface area contributed by atoms with E-state index >= 15 is 0 Å². The molecule has 1 nitrogen and oxygen atoms in total. The lowest BCUT2D eigenvalue weighted by Crippen LogP contribution is -2.27. The second-order valence-corrected chi connectivity index (χ2v) is 2.87. The summed E-state index contributed by atoms with van der Waals surface area (Å²) < 4.78 is 5.33. The van der Waals surface area contributed by atoms with Gasteiger partial charge in [-0.15, -0.1) is 0 Å². The Labute approximate surface area is 56.7 Å². The molecule has 0 fully saturated rings. The van der Waals surface area contributed by atoms with Gasteiger partial charge in [0.05, 0.1) is 5.60 Å². The minimum absolute atomic E-state index is 0.134. The van der Waals surface area contributed by atoms with Crippen LogP contribution in [0.2, 0.25) is 0 Å². The Morgan fingerprint density at radius 1 is 1.44 bits per heavy atom. The Kier molecular flexibility index (Phi) is 1.91. The molecule has 0 unspecified atom stereocenters. The van der Waals surface area contributed by atoms with Crippen molar-refractivity contribution >= 4 is 0 Å². The molecule has 0 saturated heterocycles. The number of methoxy groups -OCH3 is 1. The maximum Gasteiger partial charge on any atom is 0.0688 e. The molecule has 1 heteroatoms. The average molecular weight is 126 g/mol. The first kappa shape index (κ1) is 6.81. The molecule has 9 heavy (non-hydrogen) atoms. The number of rotatable bonds is 1. The van der Waals surface area contributed by atoms with Crippen molar-refractivity contribution in [3.63, 3.8) is 0 Å². The predicted octanol–water partition coefficient (Wildman–Crippen LogP) is 2.13. The molecule has 1 aliphatic carbocycles. The summed E-state index contributed by atoms with van der Waals surface area (Å²) in [7, 11) is 1.79. The number of hydrogen-bond donors (Lipinski definition) is 0. The second-order valence-electron chi connectivity index (χ2n) is 2.87. The third-order valence-corrected chi connectivity index (χ3v) is 2.05. The molecule has 0 saturated carbocycles. The molecule has 0 aromatic rings. The van der Waals surface area contributed by atoms with Crippen molar-refractivity contribution in [2.45, 2.75) is 31.8 Å². The van der Waals surface area contributed by atoms with Crippen LogP contribution in [0.5, 0.6) is 0 Å². The van der Waals surface area contributed by atoms with Crippen LogP contribution in [-0.2, 0) is 4.74 Å². The molecule has 0 spiro atoms. The first-order chi connectivity index (χ1) is 4.27. The number of ether oxygens (including phenoxy) is 1. The van der Waals surface area contributed by atoms with E-state index in [0.717, 1.165) is 6.42 Å². The summed E-state index contributed by atoms with van der Waals surface area (Å²) in [6.07, 6.45) is 7.83. The summed E-state index contributed by atoms with van der Waals surface area (Å²) in [5, 5.41) is 0. The molecule has 1 rings (SSSR count). The van der Waals surface area contributed by atoms with E-state index in [1.807, 2.05) is 0 Å². The van der Waals surface area contributed by atoms with Crippen molar-refractivity contribution in [3.05, 3.63) is 12.2 Å². The lowest BCUT2D eigenvalue weighted by Gasteiger charge is -2.28. The lowest BCUT2D eigenvalue weighted by molar-refractivity contribution is -0.000843. The van der Waals surface area contributed by atoms with Gasteiger partial charge in [0, 0.05) is 7.11 Å². The van der Waals surface area contributed by atoms with Crippen molar-refractivity contribution < 1.29 is 4.74 Å². The molecule has 0 aliphatic heterocycles. The summed E-state index contributed by atoms with van der Waals surface area (Å²) in [4.78, 5) is 0. The van der Waals surface area contributed by atoms with Gasteiger partial charge in [-0.1, -0.05) is 12.2 Å². The Morgan fingerprint density at radius 3 is 2.56 bits per heavy atom. The zero-order valence-electron chi connectivity index (χ0n) is 6.18. The van der Waals surface area contributed by atoms with E-state index in [2.05, 4.69) is 19.1 Å². The summed E-state index contributed by atoms with van der Waals surface area (Å²) >= 11 is 0. The number of allylic oxidation sites excluding steroid dienone is 1. The predicted molar refractivity (Wildman–Crippen MR) is 38.4 cm³/mol. The van der Waals surface area contributed by atoms with Gasteiger partial charge in [0.15, 0.2) is 0 Å². The zero-order valence-corrected chi connectivity index (χ0v) is 6.18. The fourth-order valence-corrected chi connectivity index (χ4v) is 1.13. The van der Waals surface area contributed by atoms with Gasteiger partial charge in [-0.2, -0.15) is 0 Å². The van der Waals surface area contributed by atoms with Crippen molar-refractivity contribution in [2.24, 2.45) is 0 Å². The van der Waals surface area contributed by atoms with Crippen LogP contribution in [0.15, 0.2) is 12.2 Å². The molecule has 0 radical (unpaired) electrons. The Morgan fingerprint density at radius 2 is 2.22 bits per heavy atom. The van der Waals surface area contributed by atoms with Crippen LogP contribution in [0, 0.1) is 0 Å². The van der Waals surface area contributed by atoms with Crippen LogP contribution in [0.1, 0.15) is 26.2 Å².